The number of carbonyl (C=O) groups is 1. The van der Waals surface area contributed by atoms with Crippen LogP contribution in [0, 0.1) is 0 Å². The van der Waals surface area contributed by atoms with Crippen LogP contribution in [0.3, 0.4) is 0 Å². The molecular weight excluding hydrogens is 244 g/mol. The number of nitrogens with one attached hydrogen (secondary N) is 1. The molecule has 0 unspecified atom stereocenters. The number of nitrogens with two attached hydrogens (primary N) is 1. The minimum atomic E-state index is -0.103. The Morgan fingerprint density at radius 1 is 1.47 bits per heavy atom. The molecule has 2 heterocycles. The number of hydrogen-bond donors (Lipinski definition) is 2. The minimum absolute atomic E-state index is 0.103. The summed E-state index contributed by atoms with van der Waals surface area (Å²) in [7, 11) is 1.87. The summed E-state index contributed by atoms with van der Waals surface area (Å²) in [6.45, 7) is 2.69. The molecule has 0 aliphatic carbocycles. The van der Waals surface area contributed by atoms with Crippen molar-refractivity contribution < 1.29 is 4.79 Å². The molecular formula is C12H18N6O. The van der Waals surface area contributed by atoms with Gasteiger partial charge in [0.15, 0.2) is 0 Å². The van der Waals surface area contributed by atoms with Crippen LogP contribution in [0.1, 0.15) is 18.2 Å². The van der Waals surface area contributed by atoms with Gasteiger partial charge < -0.3 is 11.1 Å². The first-order valence-electron chi connectivity index (χ1n) is 6.15. The standard InChI is InChI=1S/C12H18N6O/c1-3-10-9(7-17(2)15-10)6-14-12(19)8-18-5-4-11(13)16-18/h4-5,7H,3,6,8H2,1-2H3,(H2,13,16)(H,14,19). The average Bonchev–Trinajstić information content (AvgIpc) is 2.92. The number of nitrogen functional groups attached to an aromatic ring is 1. The topological polar surface area (TPSA) is 90.8 Å². The number of carbonyl (C=O) groups excluding carboxylic acids is 1. The third kappa shape index (κ3) is 3.34. The van der Waals surface area contributed by atoms with Crippen molar-refractivity contribution in [3.8, 4) is 0 Å². The average molecular weight is 262 g/mol. The molecule has 0 atom stereocenters. The van der Waals surface area contributed by atoms with Crippen LogP contribution in [0.15, 0.2) is 18.5 Å². The van der Waals surface area contributed by atoms with Crippen LogP contribution in [0.4, 0.5) is 5.82 Å². The lowest BCUT2D eigenvalue weighted by molar-refractivity contribution is -0.122. The molecule has 7 nitrogen and oxygen atoms in total. The van der Waals surface area contributed by atoms with Crippen LogP contribution in [0.5, 0.6) is 0 Å². The van der Waals surface area contributed by atoms with Gasteiger partial charge in [-0.2, -0.15) is 10.2 Å². The molecule has 0 radical (unpaired) electrons. The highest BCUT2D eigenvalue weighted by molar-refractivity contribution is 5.75. The first kappa shape index (κ1) is 13.1. The molecule has 3 N–H and O–H groups in total. The summed E-state index contributed by atoms with van der Waals surface area (Å²) in [5, 5.41) is 11.1. The van der Waals surface area contributed by atoms with Crippen LogP contribution in [-0.4, -0.2) is 25.5 Å². The zero-order valence-electron chi connectivity index (χ0n) is 11.1. The maximum atomic E-state index is 11.8. The van der Waals surface area contributed by atoms with Gasteiger partial charge in [-0.15, -0.1) is 0 Å². The van der Waals surface area contributed by atoms with Crippen molar-refractivity contribution in [1.29, 1.82) is 0 Å². The lowest BCUT2D eigenvalue weighted by Gasteiger charge is -2.05. The van der Waals surface area contributed by atoms with E-state index >= 15 is 0 Å². The highest BCUT2D eigenvalue weighted by Crippen LogP contribution is 2.06. The van der Waals surface area contributed by atoms with E-state index in [1.54, 1.807) is 16.9 Å². The number of amides is 1. The predicted molar refractivity (Wildman–Crippen MR) is 71.1 cm³/mol. The minimum Gasteiger partial charge on any atom is -0.382 e. The van der Waals surface area contributed by atoms with Gasteiger partial charge >= 0.3 is 0 Å². The molecule has 2 rings (SSSR count). The fourth-order valence-corrected chi connectivity index (χ4v) is 1.89. The number of anilines is 1. The Hall–Kier alpha value is -2.31. The molecule has 1 amide bonds. The first-order chi connectivity index (χ1) is 9.08. The van der Waals surface area contributed by atoms with E-state index in [2.05, 4.69) is 15.5 Å². The predicted octanol–water partition coefficient (Wildman–Crippen LogP) is 0.0776. The van der Waals surface area contributed by atoms with E-state index in [-0.39, 0.29) is 12.5 Å². The quantitative estimate of drug-likeness (QED) is 0.798. The van der Waals surface area contributed by atoms with Crippen molar-refractivity contribution in [3.63, 3.8) is 0 Å². The van der Waals surface area contributed by atoms with Gasteiger partial charge in [0, 0.05) is 31.5 Å². The molecule has 19 heavy (non-hydrogen) atoms. The Bertz CT molecular complexity index is 571. The van der Waals surface area contributed by atoms with Gasteiger partial charge in [0.1, 0.15) is 12.4 Å². The van der Waals surface area contributed by atoms with Gasteiger partial charge in [0.2, 0.25) is 5.91 Å². The van der Waals surface area contributed by atoms with Crippen LogP contribution in [0.25, 0.3) is 0 Å². The Kier molecular flexibility index (Phi) is 3.84. The Labute approximate surface area is 111 Å². The van der Waals surface area contributed by atoms with Crippen molar-refractivity contribution in [2.45, 2.75) is 26.4 Å². The number of hydrogen-bond acceptors (Lipinski definition) is 4. The Morgan fingerprint density at radius 2 is 2.26 bits per heavy atom. The summed E-state index contributed by atoms with van der Waals surface area (Å²) in [5.41, 5.74) is 7.53. The SMILES string of the molecule is CCc1nn(C)cc1CNC(=O)Cn1ccc(N)n1. The fraction of sp³-hybridized carbons (Fsp3) is 0.417. The molecule has 2 aromatic heterocycles. The maximum Gasteiger partial charge on any atom is 0.242 e. The van der Waals surface area contributed by atoms with Gasteiger partial charge in [-0.1, -0.05) is 6.92 Å². The smallest absolute Gasteiger partial charge is 0.242 e. The van der Waals surface area contributed by atoms with E-state index in [0.29, 0.717) is 12.4 Å². The Balaban J connectivity index is 1.89. The van der Waals surface area contributed by atoms with Crippen molar-refractivity contribution in [2.24, 2.45) is 7.05 Å². The summed E-state index contributed by atoms with van der Waals surface area (Å²) in [5.74, 6) is 0.308. The van der Waals surface area contributed by atoms with E-state index < -0.39 is 0 Å². The summed E-state index contributed by atoms with van der Waals surface area (Å²) in [4.78, 5) is 11.8. The lowest BCUT2D eigenvalue weighted by atomic mass is 10.2. The maximum absolute atomic E-state index is 11.8. The molecule has 2 aromatic rings. The summed E-state index contributed by atoms with van der Waals surface area (Å²) in [6, 6.07) is 1.66. The Morgan fingerprint density at radius 3 is 2.89 bits per heavy atom. The summed E-state index contributed by atoms with van der Waals surface area (Å²) < 4.78 is 3.27. The van der Waals surface area contributed by atoms with Crippen molar-refractivity contribution in [2.75, 3.05) is 5.73 Å². The van der Waals surface area contributed by atoms with Crippen molar-refractivity contribution >= 4 is 11.7 Å². The van der Waals surface area contributed by atoms with Crippen LogP contribution in [-0.2, 0) is 31.4 Å². The van der Waals surface area contributed by atoms with Crippen LogP contribution in [0.2, 0.25) is 0 Å². The van der Waals surface area contributed by atoms with Gasteiger partial charge in [0.25, 0.3) is 0 Å². The largest absolute Gasteiger partial charge is 0.382 e. The zero-order chi connectivity index (χ0) is 13.8. The third-order valence-corrected chi connectivity index (χ3v) is 2.77. The number of nitrogens with zero attached hydrogens (tertiary/aromatic N) is 4. The third-order valence-electron chi connectivity index (χ3n) is 2.77. The van der Waals surface area contributed by atoms with Crippen molar-refractivity contribution in [3.05, 3.63) is 29.7 Å². The molecule has 0 spiro atoms. The molecule has 0 saturated heterocycles. The fourth-order valence-electron chi connectivity index (χ4n) is 1.89. The number of aryl methyl sites for hydroxylation is 2. The molecule has 0 aliphatic rings. The van der Waals surface area contributed by atoms with Gasteiger partial charge in [-0.25, -0.2) is 0 Å². The van der Waals surface area contributed by atoms with Crippen LogP contribution < -0.4 is 11.1 Å². The molecule has 0 fully saturated rings. The van der Waals surface area contributed by atoms with E-state index in [1.807, 2.05) is 20.2 Å². The molecule has 0 aliphatic heterocycles. The molecule has 0 bridgehead atoms. The van der Waals surface area contributed by atoms with Crippen molar-refractivity contribution in [1.82, 2.24) is 24.9 Å². The molecule has 7 heteroatoms. The molecule has 0 aromatic carbocycles. The van der Waals surface area contributed by atoms with E-state index in [0.717, 1.165) is 17.7 Å². The van der Waals surface area contributed by atoms with Gasteiger partial charge in [0.05, 0.1) is 5.69 Å². The highest BCUT2D eigenvalue weighted by Gasteiger charge is 2.08. The summed E-state index contributed by atoms with van der Waals surface area (Å²) in [6.07, 6.45) is 4.45. The second-order valence-corrected chi connectivity index (χ2v) is 4.34. The second kappa shape index (κ2) is 5.55. The van der Waals surface area contributed by atoms with E-state index in [4.69, 9.17) is 5.73 Å². The van der Waals surface area contributed by atoms with E-state index in [9.17, 15) is 4.79 Å². The number of rotatable bonds is 5. The first-order valence-corrected chi connectivity index (χ1v) is 6.15. The van der Waals surface area contributed by atoms with Gasteiger partial charge in [-0.05, 0) is 12.5 Å². The zero-order valence-corrected chi connectivity index (χ0v) is 11.1. The highest BCUT2D eigenvalue weighted by atomic mass is 16.2. The molecule has 0 saturated carbocycles. The van der Waals surface area contributed by atoms with Crippen LogP contribution >= 0.6 is 0 Å². The monoisotopic (exact) mass is 262 g/mol. The van der Waals surface area contributed by atoms with Gasteiger partial charge in [-0.3, -0.25) is 14.2 Å². The van der Waals surface area contributed by atoms with E-state index in [1.165, 1.54) is 4.68 Å². The lowest BCUT2D eigenvalue weighted by Crippen LogP contribution is -2.27. The normalized spacial score (nSPS) is 10.6. The summed E-state index contributed by atoms with van der Waals surface area (Å²) >= 11 is 0. The second-order valence-electron chi connectivity index (χ2n) is 4.34. The molecule has 102 valence electrons. The number of aromatic nitrogens is 4.